The van der Waals surface area contributed by atoms with Crippen LogP contribution in [-0.4, -0.2) is 221 Å². The number of para-hydroxylation sites is 1. The number of nitrogens with zero attached hydrogens (tertiary/aromatic N) is 4. The third-order valence-electron chi connectivity index (χ3n) is 23.4. The van der Waals surface area contributed by atoms with Crippen molar-refractivity contribution in [1.29, 1.82) is 0 Å². The molecule has 1 unspecified atom stereocenters. The molecule has 0 spiro atoms. The number of Topliss-reactive ketones (excluding diaryl/α,β-unsaturated/α-hetero) is 2. The normalized spacial score (nSPS) is 23.9. The van der Waals surface area contributed by atoms with Crippen LogP contribution in [0.3, 0.4) is 0 Å². The van der Waals surface area contributed by atoms with E-state index in [0.29, 0.717) is 81.5 Å². The number of rotatable bonds is 49. The second-order valence-corrected chi connectivity index (χ2v) is 31.6. The van der Waals surface area contributed by atoms with Gasteiger partial charge in [-0.3, -0.25) is 38.4 Å². The zero-order valence-electron chi connectivity index (χ0n) is 68.2. The molecule has 6 aliphatic rings. The number of hydrogen-bond acceptors (Lipinski definition) is 22. The Kier molecular flexibility index (Phi) is 33.6. The predicted molar refractivity (Wildman–Crippen MR) is 427 cm³/mol. The molecule has 3 heterocycles. The molecule has 29 nitrogen and oxygen atoms in total. The minimum absolute atomic E-state index is 0.00904. The average Bonchev–Trinajstić information content (AvgIpc) is 1.54. The van der Waals surface area contributed by atoms with Gasteiger partial charge >= 0.3 is 12.0 Å². The van der Waals surface area contributed by atoms with Crippen LogP contribution in [0.4, 0.5) is 25.0 Å². The number of fused-ring (bicyclic) bond motifs is 12. The number of ketones is 3. The molecule has 12 atom stereocenters. The first-order valence-electron chi connectivity index (χ1n) is 41.3. The number of amides is 6. The summed E-state index contributed by atoms with van der Waals surface area (Å²) in [5.41, 5.74) is 3.98. The molecule has 0 bridgehead atoms. The Morgan fingerprint density at radius 1 is 0.718 bits per heavy atom. The number of halogens is 2. The number of esters is 1. The predicted octanol–water partition coefficient (Wildman–Crippen LogP) is 9.07. The number of primary amides is 1. The number of aliphatic hydroxyl groups is 1. The van der Waals surface area contributed by atoms with E-state index in [0.717, 1.165) is 47.9 Å². The number of aliphatic hydroxyl groups excluding tert-OH is 1. The lowest BCUT2D eigenvalue weighted by molar-refractivity contribution is -0.234. The van der Waals surface area contributed by atoms with Crippen LogP contribution >= 0.6 is 0 Å². The number of carbonyl (C=O) groups excluding carboxylic acids is 9. The molecule has 3 aromatic carbocycles. The van der Waals surface area contributed by atoms with Crippen molar-refractivity contribution in [3.05, 3.63) is 108 Å². The molecule has 2 aliphatic heterocycles. The third kappa shape index (κ3) is 22.5. The molecule has 1 saturated heterocycles. The summed E-state index contributed by atoms with van der Waals surface area (Å²) in [6.07, 6.45) is 1.06. The first-order chi connectivity index (χ1) is 56.4. The fourth-order valence-corrected chi connectivity index (χ4v) is 17.3. The summed E-state index contributed by atoms with van der Waals surface area (Å²) in [5.74, 6) is -6.38. The number of benzene rings is 3. The summed E-state index contributed by atoms with van der Waals surface area (Å²) in [5, 5.41) is 32.1. The zero-order valence-corrected chi connectivity index (χ0v) is 68.2. The van der Waals surface area contributed by atoms with Crippen molar-refractivity contribution in [2.75, 3.05) is 116 Å². The highest BCUT2D eigenvalue weighted by molar-refractivity contribution is 6.03. The summed E-state index contributed by atoms with van der Waals surface area (Å²) in [6.45, 7) is 16.7. The zero-order chi connectivity index (χ0) is 83.7. The Hall–Kier alpha value is -8.63. The van der Waals surface area contributed by atoms with Crippen LogP contribution in [0.1, 0.15) is 149 Å². The first kappa shape index (κ1) is 90.7. The molecule has 117 heavy (non-hydrogen) atoms. The van der Waals surface area contributed by atoms with E-state index in [2.05, 4.69) is 38.5 Å². The maximum atomic E-state index is 18.0. The van der Waals surface area contributed by atoms with E-state index in [-0.39, 0.29) is 172 Å². The van der Waals surface area contributed by atoms with E-state index in [1.165, 1.54) is 19.1 Å². The van der Waals surface area contributed by atoms with Crippen molar-refractivity contribution in [2.45, 2.75) is 200 Å². The fraction of sp³-hybridized carbons (Fsp3) is 0.616. The van der Waals surface area contributed by atoms with Gasteiger partial charge in [0.25, 0.3) is 0 Å². The van der Waals surface area contributed by atoms with Gasteiger partial charge in [0.1, 0.15) is 18.5 Å². The van der Waals surface area contributed by atoms with Crippen LogP contribution in [0, 0.1) is 34.5 Å². The van der Waals surface area contributed by atoms with Crippen molar-refractivity contribution in [1.82, 2.24) is 30.9 Å². The third-order valence-corrected chi connectivity index (χ3v) is 23.4. The highest BCUT2D eigenvalue weighted by atomic mass is 19.1. The lowest BCUT2D eigenvalue weighted by Gasteiger charge is -2.63. The number of nitrogens with two attached hydrogens (primary N) is 1. The van der Waals surface area contributed by atoms with E-state index in [4.69, 9.17) is 53.1 Å². The number of nitrogens with one attached hydrogen (secondary N) is 4. The molecule has 31 heteroatoms. The van der Waals surface area contributed by atoms with E-state index in [1.807, 2.05) is 60.1 Å². The van der Waals surface area contributed by atoms with Gasteiger partial charge in [0.05, 0.1) is 135 Å². The van der Waals surface area contributed by atoms with Crippen molar-refractivity contribution < 1.29 is 104 Å². The van der Waals surface area contributed by atoms with E-state index >= 15 is 8.78 Å². The molecule has 4 fully saturated rings. The number of carbonyl (C=O) groups is 9. The van der Waals surface area contributed by atoms with Gasteiger partial charge in [-0.05, 0) is 111 Å². The molecular formula is C86H117F2N9O20. The molecule has 3 saturated carbocycles. The second kappa shape index (κ2) is 43.4. The number of hydrogen-bond donors (Lipinski definition) is 6. The van der Waals surface area contributed by atoms with Gasteiger partial charge in [-0.2, -0.15) is 0 Å². The molecule has 640 valence electrons. The lowest BCUT2D eigenvalue weighted by atomic mass is 9.44. The van der Waals surface area contributed by atoms with Gasteiger partial charge in [-0.25, -0.2) is 18.3 Å². The SMILES string of the molecule is CCCCOCCOCCOCCn1nnc2c1-c1ccccc1CN(C(=O)CCC(=O)NCCOCCOCCOCCOCCC(=O)N[C@H](C(=O)C[C@@H](CCCNC(N)=O)C(=O)Nc1ccc(COC(=O)CCC(=O)[C@@]34OC(CCC)O[C@@H]3C[C@H]3[C@@H]5C[C@H](F)C6=CC(=O)C=C[C@]6(C)[C@@]5(F)[C@@H](O)C[C@@]34C)cc1)C(C)C)c1ccccc1-2. The summed E-state index contributed by atoms with van der Waals surface area (Å²) >= 11 is 0. The molecule has 4 aromatic rings. The smallest absolute Gasteiger partial charge is 0.312 e. The number of aromatic nitrogens is 3. The Balaban J connectivity index is 0.582. The Bertz CT molecular complexity index is 4110. The van der Waals surface area contributed by atoms with Crippen LogP contribution in [0.25, 0.3) is 22.5 Å². The second-order valence-electron chi connectivity index (χ2n) is 31.6. The maximum Gasteiger partial charge on any atom is 0.312 e. The number of anilines is 2. The Morgan fingerprint density at radius 2 is 1.38 bits per heavy atom. The van der Waals surface area contributed by atoms with Crippen LogP contribution in [0.5, 0.6) is 0 Å². The lowest BCUT2D eigenvalue weighted by Crippen LogP contribution is -2.70. The average molecular weight is 1630 g/mol. The topological polar surface area (TPSA) is 374 Å². The highest BCUT2D eigenvalue weighted by Crippen LogP contribution is 2.72. The maximum absolute atomic E-state index is 18.0. The monoisotopic (exact) mass is 1630 g/mol. The molecule has 4 aliphatic carbocycles. The summed E-state index contributed by atoms with van der Waals surface area (Å²) in [7, 11) is 0. The fourth-order valence-electron chi connectivity index (χ4n) is 17.3. The summed E-state index contributed by atoms with van der Waals surface area (Å²) in [6, 6.07) is 20.2. The Morgan fingerprint density at radius 3 is 2.06 bits per heavy atom. The number of urea groups is 1. The van der Waals surface area contributed by atoms with E-state index in [1.54, 1.807) is 49.9 Å². The van der Waals surface area contributed by atoms with Crippen molar-refractivity contribution in [3.63, 3.8) is 0 Å². The quantitative estimate of drug-likeness (QED) is 0.0177. The molecule has 6 amide bonds. The highest BCUT2D eigenvalue weighted by Gasteiger charge is 2.80. The number of alkyl halides is 2. The number of allylic oxidation sites excluding steroid dienone is 4. The summed E-state index contributed by atoms with van der Waals surface area (Å²) in [4.78, 5) is 122. The van der Waals surface area contributed by atoms with Crippen LogP contribution in [-0.2, 0) is 105 Å². The van der Waals surface area contributed by atoms with Gasteiger partial charge in [-0.1, -0.05) is 113 Å². The van der Waals surface area contributed by atoms with Gasteiger partial charge < -0.3 is 84.4 Å². The van der Waals surface area contributed by atoms with Crippen LogP contribution in [0.2, 0.25) is 0 Å². The molecule has 7 N–H and O–H groups in total. The first-order valence-corrected chi connectivity index (χ1v) is 41.3. The van der Waals surface area contributed by atoms with Crippen molar-refractivity contribution in [3.8, 4) is 22.5 Å². The minimum Gasteiger partial charge on any atom is -0.461 e. The van der Waals surface area contributed by atoms with Crippen molar-refractivity contribution >= 4 is 64.4 Å². The largest absolute Gasteiger partial charge is 0.461 e. The van der Waals surface area contributed by atoms with Crippen molar-refractivity contribution in [2.24, 2.45) is 40.2 Å². The Labute approximate surface area is 682 Å². The van der Waals surface area contributed by atoms with Gasteiger partial charge in [0, 0.05) is 91.3 Å². The van der Waals surface area contributed by atoms with E-state index in [9.17, 15) is 48.3 Å². The summed E-state index contributed by atoms with van der Waals surface area (Å²) < 4.78 is 94.3. The molecular weight excluding hydrogens is 1520 g/mol. The molecule has 10 rings (SSSR count). The van der Waals surface area contributed by atoms with Crippen LogP contribution in [0.15, 0.2) is 96.6 Å². The van der Waals surface area contributed by atoms with E-state index < -0.39 is 106 Å². The standard InChI is InChI=1S/C86H117F2N9O20/c1-7-9-35-108-39-43-112-46-42-111-38-34-97-80-62-18-11-10-16-59(62)54-96(68-20-13-12-19-63(68)79(80)94-95-97)75(104)27-26-73(102)90-33-37-110-41-45-114-48-47-113-44-40-109-36-30-74(103)93-78(56(3)4)69(99)49-58(17-14-32-91-82(89)107)81(106)92-60-23-21-57(22-24-60)55-115-76(105)28-25-70(100)86-72(116-77(117-86)15-8-2)52-64-65-51-67(87)66-50-61(98)29-31-83(66,5)85(65,88)71(101)53-84(64,86)6/h10-13,16,18-24,29,31,50,56,58,64-65,67,71-72,77-78,101H,7-9,14-15,17,25-28,30,32-49,51-55H2,1-6H3,(H,90,102)(H,92,106)(H,93,103)(H3,89,91,107)/t58-,64+,65+,67+,71+,72-,77?,78+,83+,84+,85+,86-/m1/s1. The molecule has 0 radical (unpaired) electrons. The number of ether oxygens (including phenoxy) is 10. The van der Waals surface area contributed by atoms with Crippen LogP contribution < -0.4 is 31.9 Å². The minimum atomic E-state index is -2.37. The van der Waals surface area contributed by atoms with Gasteiger partial charge in [-0.15, -0.1) is 5.10 Å². The number of unbranched alkanes of at least 4 members (excludes halogenated alkanes) is 1. The molecule has 1 aromatic heterocycles. The van der Waals surface area contributed by atoms with Gasteiger partial charge in [0.2, 0.25) is 23.6 Å². The van der Waals surface area contributed by atoms with Gasteiger partial charge in [0.15, 0.2) is 34.9 Å².